The number of para-hydroxylation sites is 1. The third kappa shape index (κ3) is 2.39. The first-order chi connectivity index (χ1) is 9.29. The number of ether oxygens (including phenoxy) is 1. The SMILES string of the molecule is COC1CCC(C(=O)N2CCc3ccccc32)CC1. The summed E-state index contributed by atoms with van der Waals surface area (Å²) >= 11 is 0. The second-order valence-electron chi connectivity index (χ2n) is 5.58. The monoisotopic (exact) mass is 259 g/mol. The van der Waals surface area contributed by atoms with E-state index in [2.05, 4.69) is 18.2 Å². The van der Waals surface area contributed by atoms with Crippen molar-refractivity contribution < 1.29 is 9.53 Å². The Balaban J connectivity index is 1.69. The predicted octanol–water partition coefficient (Wildman–Crippen LogP) is 2.78. The number of hydrogen-bond donors (Lipinski definition) is 0. The Labute approximate surface area is 114 Å². The van der Waals surface area contributed by atoms with Crippen LogP contribution in [0.5, 0.6) is 0 Å². The summed E-state index contributed by atoms with van der Waals surface area (Å²) in [4.78, 5) is 14.6. The number of carbonyl (C=O) groups is 1. The second-order valence-corrected chi connectivity index (χ2v) is 5.58. The number of anilines is 1. The Hall–Kier alpha value is -1.35. The van der Waals surface area contributed by atoms with Crippen LogP contribution >= 0.6 is 0 Å². The Morgan fingerprint density at radius 1 is 1.21 bits per heavy atom. The fourth-order valence-electron chi connectivity index (χ4n) is 3.33. The molecule has 1 aromatic carbocycles. The van der Waals surface area contributed by atoms with E-state index in [-0.39, 0.29) is 5.92 Å². The van der Waals surface area contributed by atoms with Crippen LogP contribution in [0.25, 0.3) is 0 Å². The summed E-state index contributed by atoms with van der Waals surface area (Å²) in [5.41, 5.74) is 2.43. The first kappa shape index (κ1) is 12.7. The maximum Gasteiger partial charge on any atom is 0.230 e. The number of amides is 1. The van der Waals surface area contributed by atoms with Crippen LogP contribution in [0, 0.1) is 5.92 Å². The van der Waals surface area contributed by atoms with E-state index in [0.29, 0.717) is 12.0 Å². The molecule has 1 aliphatic carbocycles. The molecule has 1 saturated carbocycles. The van der Waals surface area contributed by atoms with Crippen molar-refractivity contribution in [2.24, 2.45) is 5.92 Å². The van der Waals surface area contributed by atoms with Gasteiger partial charge in [-0.05, 0) is 43.7 Å². The summed E-state index contributed by atoms with van der Waals surface area (Å²) < 4.78 is 5.38. The molecule has 0 unspecified atom stereocenters. The third-order valence-corrected chi connectivity index (χ3v) is 4.51. The number of fused-ring (bicyclic) bond motifs is 1. The fourth-order valence-corrected chi connectivity index (χ4v) is 3.33. The lowest BCUT2D eigenvalue weighted by Crippen LogP contribution is -2.37. The van der Waals surface area contributed by atoms with Crippen LogP contribution in [-0.4, -0.2) is 25.7 Å². The van der Waals surface area contributed by atoms with Crippen LogP contribution in [0.3, 0.4) is 0 Å². The van der Waals surface area contributed by atoms with Crippen molar-refractivity contribution in [1.29, 1.82) is 0 Å². The number of carbonyl (C=O) groups excluding carboxylic acids is 1. The molecular formula is C16H21NO2. The van der Waals surface area contributed by atoms with Gasteiger partial charge < -0.3 is 9.64 Å². The number of rotatable bonds is 2. The van der Waals surface area contributed by atoms with E-state index >= 15 is 0 Å². The molecule has 0 spiro atoms. The van der Waals surface area contributed by atoms with Crippen molar-refractivity contribution in [3.05, 3.63) is 29.8 Å². The Morgan fingerprint density at radius 3 is 2.68 bits per heavy atom. The molecule has 1 aromatic rings. The predicted molar refractivity (Wildman–Crippen MR) is 75.3 cm³/mol. The van der Waals surface area contributed by atoms with Gasteiger partial charge in [0.25, 0.3) is 0 Å². The quantitative estimate of drug-likeness (QED) is 0.817. The van der Waals surface area contributed by atoms with E-state index in [9.17, 15) is 4.79 Å². The van der Waals surface area contributed by atoms with Gasteiger partial charge >= 0.3 is 0 Å². The molecule has 0 bridgehead atoms. The second kappa shape index (κ2) is 5.33. The molecule has 1 fully saturated rings. The highest BCUT2D eigenvalue weighted by molar-refractivity contribution is 5.97. The summed E-state index contributed by atoms with van der Waals surface area (Å²) in [6, 6.07) is 8.27. The van der Waals surface area contributed by atoms with E-state index in [1.165, 1.54) is 5.56 Å². The van der Waals surface area contributed by atoms with E-state index in [1.807, 2.05) is 11.0 Å². The van der Waals surface area contributed by atoms with Crippen LogP contribution in [0.15, 0.2) is 24.3 Å². The van der Waals surface area contributed by atoms with Crippen LogP contribution in [0.2, 0.25) is 0 Å². The van der Waals surface area contributed by atoms with Crippen LogP contribution in [0.1, 0.15) is 31.2 Å². The average Bonchev–Trinajstić information content (AvgIpc) is 2.90. The molecule has 0 radical (unpaired) electrons. The zero-order valence-electron chi connectivity index (χ0n) is 11.5. The maximum atomic E-state index is 12.6. The smallest absolute Gasteiger partial charge is 0.230 e. The number of hydrogen-bond acceptors (Lipinski definition) is 2. The molecule has 1 heterocycles. The topological polar surface area (TPSA) is 29.5 Å². The van der Waals surface area contributed by atoms with Crippen molar-refractivity contribution in [1.82, 2.24) is 0 Å². The summed E-state index contributed by atoms with van der Waals surface area (Å²) in [5.74, 6) is 0.511. The van der Waals surface area contributed by atoms with Gasteiger partial charge in [-0.1, -0.05) is 18.2 Å². The van der Waals surface area contributed by atoms with Gasteiger partial charge in [0.05, 0.1) is 6.10 Å². The van der Waals surface area contributed by atoms with Crippen molar-refractivity contribution in [2.45, 2.75) is 38.2 Å². The van der Waals surface area contributed by atoms with Gasteiger partial charge in [-0.3, -0.25) is 4.79 Å². The van der Waals surface area contributed by atoms with Gasteiger partial charge in [0.1, 0.15) is 0 Å². The molecule has 0 aromatic heterocycles. The van der Waals surface area contributed by atoms with Gasteiger partial charge in [-0.25, -0.2) is 0 Å². The summed E-state index contributed by atoms with van der Waals surface area (Å²) in [7, 11) is 1.77. The van der Waals surface area contributed by atoms with Crippen LogP contribution in [-0.2, 0) is 16.0 Å². The van der Waals surface area contributed by atoms with Crippen LogP contribution in [0.4, 0.5) is 5.69 Å². The number of methoxy groups -OCH3 is 1. The van der Waals surface area contributed by atoms with Gasteiger partial charge in [0.15, 0.2) is 0 Å². The maximum absolute atomic E-state index is 12.6. The van der Waals surface area contributed by atoms with E-state index < -0.39 is 0 Å². The first-order valence-corrected chi connectivity index (χ1v) is 7.21. The van der Waals surface area contributed by atoms with Crippen molar-refractivity contribution in [3.63, 3.8) is 0 Å². The van der Waals surface area contributed by atoms with E-state index in [1.54, 1.807) is 7.11 Å². The van der Waals surface area contributed by atoms with Gasteiger partial charge in [0.2, 0.25) is 5.91 Å². The summed E-state index contributed by atoms with van der Waals surface area (Å²) in [6.07, 6.45) is 5.32. The standard InChI is InChI=1S/C16H21NO2/c1-19-14-8-6-13(7-9-14)16(18)17-11-10-12-4-2-3-5-15(12)17/h2-5,13-14H,6-11H2,1H3. The zero-order chi connectivity index (χ0) is 13.2. The van der Waals surface area contributed by atoms with Crippen molar-refractivity contribution in [3.8, 4) is 0 Å². The number of nitrogens with zero attached hydrogens (tertiary/aromatic N) is 1. The lowest BCUT2D eigenvalue weighted by Gasteiger charge is -2.30. The molecule has 3 heteroatoms. The molecule has 0 N–H and O–H groups in total. The molecule has 0 saturated heterocycles. The van der Waals surface area contributed by atoms with Crippen molar-refractivity contribution in [2.75, 3.05) is 18.6 Å². The fraction of sp³-hybridized carbons (Fsp3) is 0.562. The average molecular weight is 259 g/mol. The highest BCUT2D eigenvalue weighted by Gasteiger charge is 2.32. The molecule has 3 nitrogen and oxygen atoms in total. The molecule has 2 aliphatic rings. The van der Waals surface area contributed by atoms with Crippen molar-refractivity contribution >= 4 is 11.6 Å². The normalized spacial score (nSPS) is 26.3. The lowest BCUT2D eigenvalue weighted by atomic mass is 9.86. The minimum atomic E-state index is 0.192. The molecule has 1 amide bonds. The Kier molecular flexibility index (Phi) is 3.56. The van der Waals surface area contributed by atoms with Crippen LogP contribution < -0.4 is 4.90 Å². The lowest BCUT2D eigenvalue weighted by molar-refractivity contribution is -0.124. The minimum Gasteiger partial charge on any atom is -0.381 e. The Morgan fingerprint density at radius 2 is 1.95 bits per heavy atom. The molecular weight excluding hydrogens is 238 g/mol. The molecule has 0 atom stereocenters. The molecule has 19 heavy (non-hydrogen) atoms. The van der Waals surface area contributed by atoms with Gasteiger partial charge in [-0.2, -0.15) is 0 Å². The highest BCUT2D eigenvalue weighted by Crippen LogP contribution is 2.33. The summed E-state index contributed by atoms with van der Waals surface area (Å²) in [5, 5.41) is 0. The zero-order valence-corrected chi connectivity index (χ0v) is 11.5. The van der Waals surface area contributed by atoms with E-state index in [0.717, 1.165) is 44.3 Å². The largest absolute Gasteiger partial charge is 0.381 e. The first-order valence-electron chi connectivity index (χ1n) is 7.21. The van der Waals surface area contributed by atoms with Gasteiger partial charge in [0, 0.05) is 25.3 Å². The molecule has 1 aliphatic heterocycles. The minimum absolute atomic E-state index is 0.192. The van der Waals surface area contributed by atoms with E-state index in [4.69, 9.17) is 4.74 Å². The molecule has 3 rings (SSSR count). The number of benzene rings is 1. The summed E-state index contributed by atoms with van der Waals surface area (Å²) in [6.45, 7) is 0.850. The highest BCUT2D eigenvalue weighted by atomic mass is 16.5. The molecule has 102 valence electrons. The van der Waals surface area contributed by atoms with Gasteiger partial charge in [-0.15, -0.1) is 0 Å². The third-order valence-electron chi connectivity index (χ3n) is 4.51. The Bertz CT molecular complexity index is 464.